The Labute approximate surface area is 107 Å². The van der Waals surface area contributed by atoms with Gasteiger partial charge < -0.3 is 14.4 Å². The largest absolute Gasteiger partial charge is 0.444 e. The van der Waals surface area contributed by atoms with Crippen molar-refractivity contribution in [3.63, 3.8) is 0 Å². The highest BCUT2D eigenvalue weighted by molar-refractivity contribution is 5.83. The van der Waals surface area contributed by atoms with E-state index >= 15 is 0 Å². The van der Waals surface area contributed by atoms with Crippen molar-refractivity contribution in [1.82, 2.24) is 4.90 Å². The van der Waals surface area contributed by atoms with Crippen LogP contribution in [-0.2, 0) is 14.3 Å². The van der Waals surface area contributed by atoms with Gasteiger partial charge in [-0.05, 0) is 27.2 Å². The number of carbonyl (C=O) groups is 2. The standard InChI is InChI=1S/C13H21NO4/c1-13(2,3)18-12(16)14-6-4-11-9(8-14)10(15)5-7-17-11/h9,11H,4-8H2,1-3H3/t9-,11+/m1/s1. The number of ether oxygens (including phenoxy) is 2. The number of likely N-dealkylation sites (tertiary alicyclic amines) is 1. The molecule has 1 amide bonds. The van der Waals surface area contributed by atoms with E-state index in [2.05, 4.69) is 0 Å². The average molecular weight is 255 g/mol. The summed E-state index contributed by atoms with van der Waals surface area (Å²) in [6.07, 6.45) is 0.836. The van der Waals surface area contributed by atoms with Crippen molar-refractivity contribution >= 4 is 11.9 Å². The lowest BCUT2D eigenvalue weighted by Gasteiger charge is -2.40. The molecule has 2 saturated heterocycles. The summed E-state index contributed by atoms with van der Waals surface area (Å²) in [4.78, 5) is 25.4. The van der Waals surface area contributed by atoms with Crippen molar-refractivity contribution in [2.75, 3.05) is 19.7 Å². The molecule has 5 heteroatoms. The van der Waals surface area contributed by atoms with Crippen LogP contribution in [0, 0.1) is 5.92 Å². The number of nitrogens with zero attached hydrogens (tertiary/aromatic N) is 1. The minimum atomic E-state index is -0.499. The molecule has 0 unspecified atom stereocenters. The van der Waals surface area contributed by atoms with Gasteiger partial charge in [-0.1, -0.05) is 0 Å². The first-order valence-electron chi connectivity index (χ1n) is 6.49. The normalized spacial score (nSPS) is 28.8. The molecule has 0 aromatic carbocycles. The predicted octanol–water partition coefficient (Wildman–Crippen LogP) is 1.60. The first kappa shape index (κ1) is 13.3. The van der Waals surface area contributed by atoms with E-state index < -0.39 is 5.60 Å². The van der Waals surface area contributed by atoms with E-state index in [0.29, 0.717) is 26.1 Å². The summed E-state index contributed by atoms with van der Waals surface area (Å²) in [6.45, 7) is 7.07. The summed E-state index contributed by atoms with van der Waals surface area (Å²) in [7, 11) is 0. The Morgan fingerprint density at radius 1 is 1.44 bits per heavy atom. The molecule has 102 valence electrons. The Balaban J connectivity index is 1.96. The number of Topliss-reactive ketones (excluding diaryl/α,β-unsaturated/α-hetero) is 1. The summed E-state index contributed by atoms with van der Waals surface area (Å²) < 4.78 is 10.9. The lowest BCUT2D eigenvalue weighted by molar-refractivity contribution is -0.142. The zero-order valence-corrected chi connectivity index (χ0v) is 11.3. The minimum Gasteiger partial charge on any atom is -0.444 e. The summed E-state index contributed by atoms with van der Waals surface area (Å²) in [5, 5.41) is 0. The molecular weight excluding hydrogens is 234 g/mol. The highest BCUT2D eigenvalue weighted by Gasteiger charge is 2.39. The number of hydrogen-bond acceptors (Lipinski definition) is 4. The molecule has 2 heterocycles. The topological polar surface area (TPSA) is 55.8 Å². The first-order valence-corrected chi connectivity index (χ1v) is 6.49. The van der Waals surface area contributed by atoms with Crippen LogP contribution in [0.4, 0.5) is 4.79 Å². The maximum Gasteiger partial charge on any atom is 0.410 e. The van der Waals surface area contributed by atoms with E-state index in [0.717, 1.165) is 6.42 Å². The van der Waals surface area contributed by atoms with Gasteiger partial charge in [0.2, 0.25) is 0 Å². The molecular formula is C13H21NO4. The minimum absolute atomic E-state index is 0.00932. The van der Waals surface area contributed by atoms with Crippen LogP contribution in [0.5, 0.6) is 0 Å². The number of piperidine rings is 1. The predicted molar refractivity (Wildman–Crippen MR) is 65.3 cm³/mol. The summed E-state index contributed by atoms with van der Waals surface area (Å²) in [6, 6.07) is 0. The van der Waals surface area contributed by atoms with Gasteiger partial charge in [0.05, 0.1) is 18.6 Å². The number of rotatable bonds is 0. The van der Waals surface area contributed by atoms with Crippen LogP contribution in [0.25, 0.3) is 0 Å². The molecule has 2 atom stereocenters. The number of hydrogen-bond donors (Lipinski definition) is 0. The van der Waals surface area contributed by atoms with Crippen LogP contribution in [0.3, 0.4) is 0 Å². The third-order valence-corrected chi connectivity index (χ3v) is 3.30. The fraction of sp³-hybridized carbons (Fsp3) is 0.846. The Morgan fingerprint density at radius 3 is 2.83 bits per heavy atom. The molecule has 0 aromatic heterocycles. The van der Waals surface area contributed by atoms with Gasteiger partial charge in [-0.15, -0.1) is 0 Å². The first-order chi connectivity index (χ1) is 8.37. The number of ketones is 1. The monoisotopic (exact) mass is 255 g/mol. The fourth-order valence-electron chi connectivity index (χ4n) is 2.43. The molecule has 2 aliphatic rings. The summed E-state index contributed by atoms with van der Waals surface area (Å²) >= 11 is 0. The fourth-order valence-corrected chi connectivity index (χ4v) is 2.43. The Kier molecular flexibility index (Phi) is 3.61. The van der Waals surface area contributed by atoms with E-state index in [1.807, 2.05) is 20.8 Å². The van der Waals surface area contributed by atoms with E-state index in [4.69, 9.17) is 9.47 Å². The molecule has 0 saturated carbocycles. The molecule has 0 bridgehead atoms. The second kappa shape index (κ2) is 4.88. The van der Waals surface area contributed by atoms with Crippen LogP contribution < -0.4 is 0 Å². The summed E-state index contributed by atoms with van der Waals surface area (Å²) in [5.41, 5.74) is -0.499. The van der Waals surface area contributed by atoms with E-state index in [-0.39, 0.29) is 23.9 Å². The Hall–Kier alpha value is -1.10. The molecule has 2 fully saturated rings. The Bertz CT molecular complexity index is 347. The molecule has 0 N–H and O–H groups in total. The van der Waals surface area contributed by atoms with Crippen molar-refractivity contribution in [1.29, 1.82) is 0 Å². The smallest absolute Gasteiger partial charge is 0.410 e. The SMILES string of the molecule is CC(C)(C)OC(=O)N1CC[C@@H]2OCCC(=O)[C@H]2C1. The molecule has 2 aliphatic heterocycles. The van der Waals surface area contributed by atoms with Gasteiger partial charge >= 0.3 is 6.09 Å². The van der Waals surface area contributed by atoms with Crippen LogP contribution in [0.1, 0.15) is 33.6 Å². The van der Waals surface area contributed by atoms with Crippen molar-refractivity contribution < 1.29 is 19.1 Å². The third-order valence-electron chi connectivity index (χ3n) is 3.30. The van der Waals surface area contributed by atoms with Crippen molar-refractivity contribution in [2.24, 2.45) is 5.92 Å². The van der Waals surface area contributed by atoms with Crippen LogP contribution >= 0.6 is 0 Å². The lowest BCUT2D eigenvalue weighted by atomic mass is 9.87. The van der Waals surface area contributed by atoms with Gasteiger partial charge in [0, 0.05) is 19.5 Å². The van der Waals surface area contributed by atoms with Gasteiger partial charge in [-0.3, -0.25) is 4.79 Å². The van der Waals surface area contributed by atoms with Gasteiger partial charge in [0.25, 0.3) is 0 Å². The van der Waals surface area contributed by atoms with Crippen molar-refractivity contribution in [3.05, 3.63) is 0 Å². The van der Waals surface area contributed by atoms with E-state index in [9.17, 15) is 9.59 Å². The van der Waals surface area contributed by atoms with E-state index in [1.54, 1.807) is 4.90 Å². The summed E-state index contributed by atoms with van der Waals surface area (Å²) in [5.74, 6) is 0.0412. The maximum absolute atomic E-state index is 11.9. The van der Waals surface area contributed by atoms with Crippen LogP contribution in [0.15, 0.2) is 0 Å². The molecule has 18 heavy (non-hydrogen) atoms. The molecule has 0 aromatic rings. The van der Waals surface area contributed by atoms with Crippen molar-refractivity contribution in [2.45, 2.75) is 45.3 Å². The third kappa shape index (κ3) is 3.02. The lowest BCUT2D eigenvalue weighted by Crippen LogP contribution is -2.52. The Morgan fingerprint density at radius 2 is 2.17 bits per heavy atom. The molecule has 0 aliphatic carbocycles. The highest BCUT2D eigenvalue weighted by Crippen LogP contribution is 2.27. The second-order valence-electron chi connectivity index (χ2n) is 5.95. The zero-order chi connectivity index (χ0) is 13.3. The number of amides is 1. The number of fused-ring (bicyclic) bond motifs is 1. The van der Waals surface area contributed by atoms with E-state index in [1.165, 1.54) is 0 Å². The van der Waals surface area contributed by atoms with Crippen LogP contribution in [0.2, 0.25) is 0 Å². The van der Waals surface area contributed by atoms with Gasteiger partial charge in [0.15, 0.2) is 0 Å². The highest BCUT2D eigenvalue weighted by atomic mass is 16.6. The van der Waals surface area contributed by atoms with Crippen LogP contribution in [-0.4, -0.2) is 48.2 Å². The molecule has 0 radical (unpaired) electrons. The molecule has 2 rings (SSSR count). The molecule has 5 nitrogen and oxygen atoms in total. The van der Waals surface area contributed by atoms with Gasteiger partial charge in [-0.25, -0.2) is 4.79 Å². The second-order valence-corrected chi connectivity index (χ2v) is 5.95. The number of carbonyl (C=O) groups excluding carboxylic acids is 2. The maximum atomic E-state index is 11.9. The van der Waals surface area contributed by atoms with Crippen molar-refractivity contribution in [3.8, 4) is 0 Å². The van der Waals surface area contributed by atoms with Gasteiger partial charge in [-0.2, -0.15) is 0 Å². The molecule has 0 spiro atoms. The van der Waals surface area contributed by atoms with Gasteiger partial charge in [0.1, 0.15) is 11.4 Å². The zero-order valence-electron chi connectivity index (χ0n) is 11.3. The average Bonchev–Trinajstić information content (AvgIpc) is 2.27. The quantitative estimate of drug-likeness (QED) is 0.659.